The van der Waals surface area contributed by atoms with Crippen LogP contribution in [0.5, 0.6) is 5.75 Å². The van der Waals surface area contributed by atoms with Crippen LogP contribution in [-0.2, 0) is 6.42 Å². The summed E-state index contributed by atoms with van der Waals surface area (Å²) in [6.45, 7) is 4.24. The molecule has 0 saturated carbocycles. The molecule has 1 aromatic heterocycles. The molecule has 1 nitrogen and oxygen atoms in total. The van der Waals surface area contributed by atoms with Crippen LogP contribution >= 0.6 is 22.9 Å². The lowest BCUT2D eigenvalue weighted by Crippen LogP contribution is -1.96. The zero-order chi connectivity index (χ0) is 13.1. The summed E-state index contributed by atoms with van der Waals surface area (Å²) < 4.78 is 5.19. The standard InChI is InChI=1S/C15H17ClOS/c1-10-4-5-11(2)12(6-10)7-14(16)15-8-13(17-3)9-18-15/h4-6,8-9,14H,7H2,1-3H3. The molecule has 0 aliphatic heterocycles. The van der Waals surface area contributed by atoms with Crippen molar-refractivity contribution < 1.29 is 4.74 Å². The second-order valence-electron chi connectivity index (χ2n) is 4.49. The van der Waals surface area contributed by atoms with E-state index in [1.807, 2.05) is 11.4 Å². The van der Waals surface area contributed by atoms with Gasteiger partial charge in [-0.15, -0.1) is 22.9 Å². The number of rotatable bonds is 4. The number of benzene rings is 1. The Morgan fingerprint density at radius 1 is 1.28 bits per heavy atom. The smallest absolute Gasteiger partial charge is 0.129 e. The average molecular weight is 281 g/mol. The monoisotopic (exact) mass is 280 g/mol. The summed E-state index contributed by atoms with van der Waals surface area (Å²) in [6.07, 6.45) is 0.860. The van der Waals surface area contributed by atoms with E-state index in [1.165, 1.54) is 16.7 Å². The highest BCUT2D eigenvalue weighted by atomic mass is 35.5. The van der Waals surface area contributed by atoms with Gasteiger partial charge in [0.1, 0.15) is 5.75 Å². The largest absolute Gasteiger partial charge is 0.496 e. The molecule has 96 valence electrons. The molecular formula is C15H17ClOS. The molecule has 0 amide bonds. The molecule has 0 aliphatic rings. The van der Waals surface area contributed by atoms with Crippen molar-refractivity contribution in [2.45, 2.75) is 25.6 Å². The SMILES string of the molecule is COc1csc(C(Cl)Cc2cc(C)ccc2C)c1. The molecule has 1 aromatic carbocycles. The Morgan fingerprint density at radius 2 is 2.06 bits per heavy atom. The first-order valence-electron chi connectivity index (χ1n) is 5.92. The van der Waals surface area contributed by atoms with Crippen LogP contribution in [-0.4, -0.2) is 7.11 Å². The Balaban J connectivity index is 2.15. The highest BCUT2D eigenvalue weighted by Crippen LogP contribution is 2.33. The fourth-order valence-electron chi connectivity index (χ4n) is 1.92. The van der Waals surface area contributed by atoms with Crippen LogP contribution in [0.15, 0.2) is 29.6 Å². The molecular weight excluding hydrogens is 264 g/mol. The van der Waals surface area contributed by atoms with Crippen LogP contribution in [0, 0.1) is 13.8 Å². The molecule has 0 spiro atoms. The zero-order valence-corrected chi connectivity index (χ0v) is 12.4. The van der Waals surface area contributed by atoms with Crippen molar-refractivity contribution in [1.82, 2.24) is 0 Å². The minimum absolute atomic E-state index is 0.0133. The van der Waals surface area contributed by atoms with Crippen LogP contribution in [0.25, 0.3) is 0 Å². The van der Waals surface area contributed by atoms with Crippen LogP contribution in [0.3, 0.4) is 0 Å². The Morgan fingerprint density at radius 3 is 2.72 bits per heavy atom. The van der Waals surface area contributed by atoms with Crippen molar-refractivity contribution in [2.24, 2.45) is 0 Å². The molecule has 0 saturated heterocycles. The summed E-state index contributed by atoms with van der Waals surface area (Å²) in [7, 11) is 1.68. The van der Waals surface area contributed by atoms with Crippen molar-refractivity contribution >= 4 is 22.9 Å². The minimum atomic E-state index is 0.0133. The average Bonchev–Trinajstić information content (AvgIpc) is 2.82. The number of thiophene rings is 1. The molecule has 3 heteroatoms. The van der Waals surface area contributed by atoms with Gasteiger partial charge in [0.15, 0.2) is 0 Å². The maximum absolute atomic E-state index is 6.49. The first-order valence-corrected chi connectivity index (χ1v) is 7.24. The Kier molecular flexibility index (Phi) is 4.31. The van der Waals surface area contributed by atoms with E-state index in [4.69, 9.17) is 16.3 Å². The van der Waals surface area contributed by atoms with Gasteiger partial charge in [-0.3, -0.25) is 0 Å². The van der Waals surface area contributed by atoms with Gasteiger partial charge in [-0.05, 0) is 37.5 Å². The molecule has 0 N–H and O–H groups in total. The molecule has 1 atom stereocenters. The van der Waals surface area contributed by atoms with Gasteiger partial charge >= 0.3 is 0 Å². The van der Waals surface area contributed by atoms with Gasteiger partial charge in [-0.2, -0.15) is 0 Å². The Labute approximate surface area is 117 Å². The quantitative estimate of drug-likeness (QED) is 0.724. The molecule has 2 aromatic rings. The Hall–Kier alpha value is -0.990. The lowest BCUT2D eigenvalue weighted by molar-refractivity contribution is 0.416. The number of methoxy groups -OCH3 is 1. The first-order chi connectivity index (χ1) is 8.60. The van der Waals surface area contributed by atoms with E-state index in [-0.39, 0.29) is 5.38 Å². The number of aryl methyl sites for hydroxylation is 2. The van der Waals surface area contributed by atoms with E-state index in [1.54, 1.807) is 18.4 Å². The van der Waals surface area contributed by atoms with Gasteiger partial charge < -0.3 is 4.74 Å². The van der Waals surface area contributed by atoms with Gasteiger partial charge in [-0.1, -0.05) is 23.8 Å². The molecule has 1 heterocycles. The van der Waals surface area contributed by atoms with Crippen LogP contribution < -0.4 is 4.74 Å². The maximum Gasteiger partial charge on any atom is 0.129 e. The number of hydrogen-bond donors (Lipinski definition) is 0. The maximum atomic E-state index is 6.49. The fraction of sp³-hybridized carbons (Fsp3) is 0.333. The second kappa shape index (κ2) is 5.77. The third-order valence-corrected chi connectivity index (χ3v) is 4.59. The molecule has 2 rings (SSSR count). The normalized spacial score (nSPS) is 12.4. The van der Waals surface area contributed by atoms with E-state index in [2.05, 4.69) is 32.0 Å². The molecule has 0 aliphatic carbocycles. The molecule has 18 heavy (non-hydrogen) atoms. The lowest BCUT2D eigenvalue weighted by Gasteiger charge is -2.11. The second-order valence-corrected chi connectivity index (χ2v) is 5.96. The predicted octanol–water partition coefficient (Wildman–Crippen LogP) is 4.90. The summed E-state index contributed by atoms with van der Waals surface area (Å²) in [6, 6.07) is 8.53. The zero-order valence-electron chi connectivity index (χ0n) is 10.9. The van der Waals surface area contributed by atoms with Crippen molar-refractivity contribution in [3.8, 4) is 5.75 Å². The lowest BCUT2D eigenvalue weighted by atomic mass is 10.0. The van der Waals surface area contributed by atoms with E-state index in [0.29, 0.717) is 0 Å². The Bertz CT molecular complexity index is 533. The highest BCUT2D eigenvalue weighted by molar-refractivity contribution is 7.10. The van der Waals surface area contributed by atoms with Crippen molar-refractivity contribution in [3.05, 3.63) is 51.2 Å². The van der Waals surface area contributed by atoms with Crippen LogP contribution in [0.2, 0.25) is 0 Å². The van der Waals surface area contributed by atoms with Crippen LogP contribution in [0.1, 0.15) is 26.9 Å². The van der Waals surface area contributed by atoms with Crippen molar-refractivity contribution in [3.63, 3.8) is 0 Å². The van der Waals surface area contributed by atoms with Gasteiger partial charge in [0, 0.05) is 10.3 Å². The minimum Gasteiger partial charge on any atom is -0.496 e. The van der Waals surface area contributed by atoms with Crippen molar-refractivity contribution in [1.29, 1.82) is 0 Å². The summed E-state index contributed by atoms with van der Waals surface area (Å²) in [4.78, 5) is 1.16. The number of alkyl halides is 1. The number of ether oxygens (including phenoxy) is 1. The molecule has 1 unspecified atom stereocenters. The third kappa shape index (κ3) is 3.06. The topological polar surface area (TPSA) is 9.23 Å². The van der Waals surface area contributed by atoms with E-state index in [9.17, 15) is 0 Å². The predicted molar refractivity (Wildman–Crippen MR) is 79.1 cm³/mol. The third-order valence-electron chi connectivity index (χ3n) is 3.04. The van der Waals surface area contributed by atoms with Gasteiger partial charge in [0.25, 0.3) is 0 Å². The van der Waals surface area contributed by atoms with Gasteiger partial charge in [-0.25, -0.2) is 0 Å². The fourth-order valence-corrected chi connectivity index (χ4v) is 3.13. The van der Waals surface area contributed by atoms with E-state index < -0.39 is 0 Å². The van der Waals surface area contributed by atoms with Crippen LogP contribution in [0.4, 0.5) is 0 Å². The molecule has 0 radical (unpaired) electrons. The van der Waals surface area contributed by atoms with E-state index >= 15 is 0 Å². The van der Waals surface area contributed by atoms with Crippen molar-refractivity contribution in [2.75, 3.05) is 7.11 Å². The van der Waals surface area contributed by atoms with Gasteiger partial charge in [0.2, 0.25) is 0 Å². The number of halogens is 1. The first kappa shape index (κ1) is 13.4. The molecule has 0 fully saturated rings. The summed E-state index contributed by atoms with van der Waals surface area (Å²) in [5.41, 5.74) is 3.90. The summed E-state index contributed by atoms with van der Waals surface area (Å²) in [5, 5.41) is 2.01. The van der Waals surface area contributed by atoms with Gasteiger partial charge in [0.05, 0.1) is 12.5 Å². The van der Waals surface area contributed by atoms with E-state index in [0.717, 1.165) is 17.0 Å². The summed E-state index contributed by atoms with van der Waals surface area (Å²) >= 11 is 8.14. The summed E-state index contributed by atoms with van der Waals surface area (Å²) in [5.74, 6) is 0.890. The highest BCUT2D eigenvalue weighted by Gasteiger charge is 2.13. The molecule has 0 bridgehead atoms. The number of hydrogen-bond acceptors (Lipinski definition) is 2.